The zero-order valence-corrected chi connectivity index (χ0v) is 15.2. The Kier molecular flexibility index (Phi) is 5.07. The molecule has 2 heterocycles. The Morgan fingerprint density at radius 2 is 1.55 bits per heavy atom. The van der Waals surface area contributed by atoms with Crippen molar-refractivity contribution >= 4 is 0 Å². The van der Waals surface area contributed by atoms with Gasteiger partial charge in [0.25, 0.3) is 0 Å². The summed E-state index contributed by atoms with van der Waals surface area (Å²) in [6.07, 6.45) is -0.472. The maximum atomic E-state index is 12.8. The van der Waals surface area contributed by atoms with Crippen LogP contribution in [0.5, 0.6) is 0 Å². The maximum Gasteiger partial charge on any atom is 0.416 e. The molecule has 0 saturated heterocycles. The summed E-state index contributed by atoms with van der Waals surface area (Å²) >= 11 is 0. The summed E-state index contributed by atoms with van der Waals surface area (Å²) in [6, 6.07) is 16.5. The smallest absolute Gasteiger partial charge is 0.265 e. The third-order valence-electron chi connectivity index (χ3n) is 4.46. The highest BCUT2D eigenvalue weighted by Crippen LogP contribution is 2.30. The van der Waals surface area contributed by atoms with Gasteiger partial charge in [-0.2, -0.15) is 18.0 Å². The van der Waals surface area contributed by atoms with E-state index in [1.54, 1.807) is 12.4 Å². The quantitative estimate of drug-likeness (QED) is 0.503. The Morgan fingerprint density at radius 1 is 0.828 bits per heavy atom. The van der Waals surface area contributed by atoms with Gasteiger partial charge in [0.05, 0.1) is 12.1 Å². The van der Waals surface area contributed by atoms with Gasteiger partial charge in [0.2, 0.25) is 5.82 Å². The maximum absolute atomic E-state index is 12.8. The first kappa shape index (κ1) is 18.8. The summed E-state index contributed by atoms with van der Waals surface area (Å²) in [5.41, 5.74) is 2.83. The molecule has 0 fully saturated rings. The molecular weight excluding hydrogens is 379 g/mol. The first-order chi connectivity index (χ1) is 14.0. The third-order valence-corrected chi connectivity index (χ3v) is 4.46. The number of hydrogen-bond donors (Lipinski definition) is 0. The number of alkyl halides is 3. The van der Waals surface area contributed by atoms with Crippen LogP contribution in [-0.4, -0.2) is 25.2 Å². The van der Waals surface area contributed by atoms with Crippen molar-refractivity contribution in [2.45, 2.75) is 19.1 Å². The van der Waals surface area contributed by atoms with Crippen LogP contribution in [0.2, 0.25) is 0 Å². The summed E-state index contributed by atoms with van der Waals surface area (Å²) < 4.78 is 38.3. The van der Waals surface area contributed by atoms with Gasteiger partial charge in [-0.1, -0.05) is 36.4 Å². The van der Waals surface area contributed by atoms with Crippen LogP contribution in [0.15, 0.2) is 73.1 Å². The molecule has 2 aromatic carbocycles. The van der Waals surface area contributed by atoms with Crippen LogP contribution in [0.1, 0.15) is 22.3 Å². The van der Waals surface area contributed by atoms with E-state index in [0.717, 1.165) is 34.4 Å². The molecule has 0 unspecified atom stereocenters. The molecule has 0 N–H and O–H groups in total. The van der Waals surface area contributed by atoms with E-state index in [9.17, 15) is 13.2 Å². The topological polar surface area (TPSA) is 56.5 Å². The van der Waals surface area contributed by atoms with Crippen LogP contribution in [0, 0.1) is 0 Å². The average Bonchev–Trinajstić information content (AvgIpc) is 3.17. The van der Waals surface area contributed by atoms with Gasteiger partial charge in [-0.05, 0) is 52.6 Å². The van der Waals surface area contributed by atoms with E-state index in [2.05, 4.69) is 20.4 Å². The van der Waals surface area contributed by atoms with E-state index in [-0.39, 0.29) is 0 Å². The predicted molar refractivity (Wildman–Crippen MR) is 101 cm³/mol. The molecule has 0 aliphatic heterocycles. The summed E-state index contributed by atoms with van der Waals surface area (Å²) in [4.78, 5) is 5.48. The number of aromatic nitrogens is 5. The van der Waals surface area contributed by atoms with Crippen LogP contribution in [0.4, 0.5) is 13.2 Å². The third kappa shape index (κ3) is 4.48. The van der Waals surface area contributed by atoms with Crippen molar-refractivity contribution in [1.29, 1.82) is 0 Å². The van der Waals surface area contributed by atoms with Crippen LogP contribution < -0.4 is 0 Å². The second-order valence-electron chi connectivity index (χ2n) is 6.53. The fourth-order valence-electron chi connectivity index (χ4n) is 2.99. The van der Waals surface area contributed by atoms with E-state index in [0.29, 0.717) is 18.8 Å². The highest BCUT2D eigenvalue weighted by atomic mass is 19.4. The molecule has 5 nitrogen and oxygen atoms in total. The SMILES string of the molecule is FC(F)(F)c1ccc(Cc2ccccc2-c2nnn(Cc3ccncc3)n2)cc1. The van der Waals surface area contributed by atoms with Crippen molar-refractivity contribution in [1.82, 2.24) is 25.2 Å². The van der Waals surface area contributed by atoms with Crippen molar-refractivity contribution in [3.63, 3.8) is 0 Å². The summed E-state index contributed by atoms with van der Waals surface area (Å²) in [6.45, 7) is 0.469. The number of hydrogen-bond acceptors (Lipinski definition) is 4. The minimum Gasteiger partial charge on any atom is -0.265 e. The summed E-state index contributed by atoms with van der Waals surface area (Å²) in [5.74, 6) is 0.474. The highest BCUT2D eigenvalue weighted by molar-refractivity contribution is 5.60. The van der Waals surface area contributed by atoms with Crippen molar-refractivity contribution in [2.24, 2.45) is 0 Å². The molecule has 4 rings (SSSR count). The number of pyridine rings is 1. The standard InChI is InChI=1S/C21H16F3N5/c22-21(23,24)18-7-5-15(6-8-18)13-17-3-1-2-4-19(17)20-26-28-29(27-20)14-16-9-11-25-12-10-16/h1-12H,13-14H2. The van der Waals surface area contributed by atoms with Gasteiger partial charge in [0, 0.05) is 18.0 Å². The lowest BCUT2D eigenvalue weighted by Crippen LogP contribution is -2.04. The Labute approximate surface area is 164 Å². The van der Waals surface area contributed by atoms with Crippen LogP contribution in [-0.2, 0) is 19.1 Å². The molecular formula is C21H16F3N5. The zero-order chi connectivity index (χ0) is 20.3. The molecule has 0 saturated carbocycles. The molecule has 0 aliphatic carbocycles. The van der Waals surface area contributed by atoms with E-state index in [4.69, 9.17) is 0 Å². The lowest BCUT2D eigenvalue weighted by atomic mass is 9.98. The minimum atomic E-state index is -4.34. The number of tetrazole rings is 1. The van der Waals surface area contributed by atoms with Gasteiger partial charge < -0.3 is 0 Å². The fourth-order valence-corrected chi connectivity index (χ4v) is 2.99. The highest BCUT2D eigenvalue weighted by Gasteiger charge is 2.29. The zero-order valence-electron chi connectivity index (χ0n) is 15.2. The molecule has 0 spiro atoms. The Balaban J connectivity index is 1.56. The van der Waals surface area contributed by atoms with Crippen LogP contribution >= 0.6 is 0 Å². The normalized spacial score (nSPS) is 11.6. The van der Waals surface area contributed by atoms with E-state index >= 15 is 0 Å². The summed E-state index contributed by atoms with van der Waals surface area (Å²) in [5, 5.41) is 12.7. The lowest BCUT2D eigenvalue weighted by Gasteiger charge is -2.09. The van der Waals surface area contributed by atoms with E-state index in [1.165, 1.54) is 16.9 Å². The van der Waals surface area contributed by atoms with Gasteiger partial charge >= 0.3 is 6.18 Å². The first-order valence-corrected chi connectivity index (χ1v) is 8.90. The van der Waals surface area contributed by atoms with Crippen LogP contribution in [0.3, 0.4) is 0 Å². The first-order valence-electron chi connectivity index (χ1n) is 8.90. The molecule has 2 aromatic heterocycles. The fraction of sp³-hybridized carbons (Fsp3) is 0.143. The van der Waals surface area contributed by atoms with E-state index in [1.807, 2.05) is 36.4 Å². The van der Waals surface area contributed by atoms with Gasteiger partial charge in [-0.15, -0.1) is 10.2 Å². The average molecular weight is 395 g/mol. The minimum absolute atomic E-state index is 0.465. The Bertz CT molecular complexity index is 1090. The lowest BCUT2D eigenvalue weighted by molar-refractivity contribution is -0.137. The predicted octanol–water partition coefficient (Wildman–Crippen LogP) is 4.39. The Morgan fingerprint density at radius 3 is 2.28 bits per heavy atom. The van der Waals surface area contributed by atoms with Crippen molar-refractivity contribution < 1.29 is 13.2 Å². The number of rotatable bonds is 5. The molecule has 0 radical (unpaired) electrons. The summed E-state index contributed by atoms with van der Waals surface area (Å²) in [7, 11) is 0. The number of halogens is 3. The number of benzene rings is 2. The van der Waals surface area contributed by atoms with Gasteiger partial charge in [-0.25, -0.2) is 0 Å². The van der Waals surface area contributed by atoms with Crippen LogP contribution in [0.25, 0.3) is 11.4 Å². The second-order valence-corrected chi connectivity index (χ2v) is 6.53. The van der Waals surface area contributed by atoms with E-state index < -0.39 is 11.7 Å². The van der Waals surface area contributed by atoms with Crippen molar-refractivity contribution in [3.05, 3.63) is 95.3 Å². The van der Waals surface area contributed by atoms with Crippen molar-refractivity contribution in [2.75, 3.05) is 0 Å². The number of nitrogens with zero attached hydrogens (tertiary/aromatic N) is 5. The molecule has 146 valence electrons. The molecule has 29 heavy (non-hydrogen) atoms. The monoisotopic (exact) mass is 395 g/mol. The molecule has 4 aromatic rings. The largest absolute Gasteiger partial charge is 0.416 e. The van der Waals surface area contributed by atoms with Gasteiger partial charge in [0.1, 0.15) is 0 Å². The van der Waals surface area contributed by atoms with Gasteiger partial charge in [0.15, 0.2) is 0 Å². The molecule has 0 bridgehead atoms. The van der Waals surface area contributed by atoms with Crippen molar-refractivity contribution in [3.8, 4) is 11.4 Å². The Hall–Kier alpha value is -3.55. The second kappa shape index (κ2) is 7.83. The molecule has 8 heteroatoms. The molecule has 0 atom stereocenters. The molecule has 0 amide bonds. The van der Waals surface area contributed by atoms with Gasteiger partial charge in [-0.3, -0.25) is 4.98 Å². The molecule has 0 aliphatic rings.